The van der Waals surface area contributed by atoms with E-state index in [1.165, 1.54) is 12.1 Å². The number of amides is 1. The lowest BCUT2D eigenvalue weighted by molar-refractivity contribution is -0.118. The Bertz CT molecular complexity index is 649. The van der Waals surface area contributed by atoms with E-state index in [-0.39, 0.29) is 29.0 Å². The second-order valence-corrected chi connectivity index (χ2v) is 7.11. The molecule has 1 aliphatic rings. The summed E-state index contributed by atoms with van der Waals surface area (Å²) in [6.45, 7) is -0.115. The summed E-state index contributed by atoms with van der Waals surface area (Å²) in [5.41, 5.74) is 0.638. The molecule has 116 valence electrons. The Morgan fingerprint density at radius 1 is 1.33 bits per heavy atom. The lowest BCUT2D eigenvalue weighted by Gasteiger charge is -2.20. The highest BCUT2D eigenvalue weighted by molar-refractivity contribution is 7.92. The zero-order valence-corrected chi connectivity index (χ0v) is 13.3. The third-order valence-electron chi connectivity index (χ3n) is 2.76. The number of rotatable bonds is 6. The Kier molecular flexibility index (Phi) is 5.18. The SMILES string of the molecule is O=C1COc2cc(NS(=O)(=O)CCCCCl)c(Cl)cc2N1. The molecular formula is C12H14Cl2N2O4S. The van der Waals surface area contributed by atoms with Crippen LogP contribution in [0.3, 0.4) is 0 Å². The Labute approximate surface area is 132 Å². The van der Waals surface area contributed by atoms with Gasteiger partial charge in [-0.3, -0.25) is 9.52 Å². The molecule has 0 atom stereocenters. The summed E-state index contributed by atoms with van der Waals surface area (Å²) in [5.74, 6) is 0.471. The minimum atomic E-state index is -3.50. The largest absolute Gasteiger partial charge is 0.482 e. The van der Waals surface area contributed by atoms with Crippen LogP contribution in [0, 0.1) is 0 Å². The number of carbonyl (C=O) groups excluding carboxylic acids is 1. The van der Waals surface area contributed by atoms with Crippen LogP contribution in [0.15, 0.2) is 12.1 Å². The van der Waals surface area contributed by atoms with Crippen LogP contribution in [-0.2, 0) is 14.8 Å². The second kappa shape index (κ2) is 6.72. The molecule has 0 saturated heterocycles. The van der Waals surface area contributed by atoms with Crippen LogP contribution in [0.4, 0.5) is 11.4 Å². The number of fused-ring (bicyclic) bond motifs is 1. The van der Waals surface area contributed by atoms with Crippen molar-refractivity contribution in [3.63, 3.8) is 0 Å². The van der Waals surface area contributed by atoms with Gasteiger partial charge in [0.1, 0.15) is 5.75 Å². The van der Waals surface area contributed by atoms with E-state index in [1.54, 1.807) is 0 Å². The molecule has 1 amide bonds. The number of carbonyl (C=O) groups is 1. The first-order valence-corrected chi connectivity index (χ1v) is 8.80. The van der Waals surface area contributed by atoms with Crippen molar-refractivity contribution in [1.82, 2.24) is 0 Å². The molecule has 1 heterocycles. The molecule has 0 unspecified atom stereocenters. The molecular weight excluding hydrogens is 339 g/mol. The highest BCUT2D eigenvalue weighted by atomic mass is 35.5. The molecule has 0 saturated carbocycles. The molecule has 0 aliphatic carbocycles. The van der Waals surface area contributed by atoms with Crippen molar-refractivity contribution in [2.45, 2.75) is 12.8 Å². The van der Waals surface area contributed by atoms with E-state index in [4.69, 9.17) is 27.9 Å². The Hall–Kier alpha value is -1.18. The molecule has 9 heteroatoms. The first-order valence-electron chi connectivity index (χ1n) is 6.24. The van der Waals surface area contributed by atoms with Gasteiger partial charge in [0.05, 0.1) is 22.2 Å². The molecule has 0 aromatic heterocycles. The zero-order valence-electron chi connectivity index (χ0n) is 11.0. The summed E-state index contributed by atoms with van der Waals surface area (Å²) >= 11 is 11.5. The molecule has 0 spiro atoms. The fourth-order valence-corrected chi connectivity index (χ4v) is 3.43. The van der Waals surface area contributed by atoms with Crippen LogP contribution in [0.5, 0.6) is 5.75 Å². The fraction of sp³-hybridized carbons (Fsp3) is 0.417. The van der Waals surface area contributed by atoms with E-state index < -0.39 is 10.0 Å². The van der Waals surface area contributed by atoms with Crippen LogP contribution < -0.4 is 14.8 Å². The van der Waals surface area contributed by atoms with Crippen LogP contribution in [-0.4, -0.2) is 32.6 Å². The van der Waals surface area contributed by atoms with Crippen LogP contribution in [0.25, 0.3) is 0 Å². The summed E-state index contributed by atoms with van der Waals surface area (Å²) in [5, 5.41) is 2.77. The number of unbranched alkanes of at least 4 members (excludes halogenated alkanes) is 1. The van der Waals surface area contributed by atoms with Gasteiger partial charge in [0.2, 0.25) is 10.0 Å². The highest BCUT2D eigenvalue weighted by Crippen LogP contribution is 2.36. The third-order valence-corrected chi connectivity index (χ3v) is 4.70. The number of alkyl halides is 1. The normalized spacial score (nSPS) is 14.1. The summed E-state index contributed by atoms with van der Waals surface area (Å²) in [6.07, 6.45) is 1.09. The zero-order chi connectivity index (χ0) is 15.5. The van der Waals surface area contributed by atoms with Crippen molar-refractivity contribution in [2.75, 3.05) is 28.3 Å². The number of halogens is 2. The van der Waals surface area contributed by atoms with Crippen LogP contribution in [0.2, 0.25) is 5.02 Å². The van der Waals surface area contributed by atoms with E-state index >= 15 is 0 Å². The maximum absolute atomic E-state index is 11.9. The predicted octanol–water partition coefficient (Wildman–Crippen LogP) is 2.43. The molecule has 2 rings (SSSR count). The van der Waals surface area contributed by atoms with E-state index in [2.05, 4.69) is 10.0 Å². The van der Waals surface area contributed by atoms with E-state index in [9.17, 15) is 13.2 Å². The number of benzene rings is 1. The lowest BCUT2D eigenvalue weighted by atomic mass is 10.2. The number of hydrogen-bond donors (Lipinski definition) is 2. The molecule has 0 bridgehead atoms. The first kappa shape index (κ1) is 16.2. The Balaban J connectivity index is 2.15. The highest BCUT2D eigenvalue weighted by Gasteiger charge is 2.20. The maximum atomic E-state index is 11.9. The number of ether oxygens (including phenoxy) is 1. The smallest absolute Gasteiger partial charge is 0.262 e. The van der Waals surface area contributed by atoms with Gasteiger partial charge in [-0.05, 0) is 18.9 Å². The predicted molar refractivity (Wildman–Crippen MR) is 82.9 cm³/mol. The Morgan fingerprint density at radius 3 is 2.81 bits per heavy atom. The summed E-state index contributed by atoms with van der Waals surface area (Å²) in [4.78, 5) is 11.2. The van der Waals surface area contributed by atoms with Gasteiger partial charge < -0.3 is 10.1 Å². The second-order valence-electron chi connectivity index (χ2n) is 4.48. The van der Waals surface area contributed by atoms with Gasteiger partial charge in [0, 0.05) is 11.9 Å². The van der Waals surface area contributed by atoms with E-state index in [1.807, 2.05) is 0 Å². The monoisotopic (exact) mass is 352 g/mol. The minimum Gasteiger partial charge on any atom is -0.482 e. The number of nitrogens with one attached hydrogen (secondary N) is 2. The lowest BCUT2D eigenvalue weighted by Crippen LogP contribution is -2.25. The molecule has 1 aliphatic heterocycles. The molecule has 1 aromatic rings. The minimum absolute atomic E-state index is 0.0370. The maximum Gasteiger partial charge on any atom is 0.262 e. The van der Waals surface area contributed by atoms with Crippen molar-refractivity contribution in [2.24, 2.45) is 0 Å². The van der Waals surface area contributed by atoms with Crippen molar-refractivity contribution in [3.05, 3.63) is 17.2 Å². The van der Waals surface area contributed by atoms with Crippen molar-refractivity contribution in [1.29, 1.82) is 0 Å². The van der Waals surface area contributed by atoms with Crippen molar-refractivity contribution >= 4 is 50.5 Å². The number of anilines is 2. The molecule has 0 fully saturated rings. The van der Waals surface area contributed by atoms with Gasteiger partial charge in [-0.15, -0.1) is 11.6 Å². The van der Waals surface area contributed by atoms with Gasteiger partial charge >= 0.3 is 0 Å². The van der Waals surface area contributed by atoms with E-state index in [0.717, 1.165) is 0 Å². The van der Waals surface area contributed by atoms with Gasteiger partial charge in [-0.1, -0.05) is 11.6 Å². The molecule has 21 heavy (non-hydrogen) atoms. The molecule has 6 nitrogen and oxygen atoms in total. The number of sulfonamides is 1. The summed E-state index contributed by atoms with van der Waals surface area (Å²) in [6, 6.07) is 2.90. The molecule has 2 N–H and O–H groups in total. The van der Waals surface area contributed by atoms with Gasteiger partial charge in [-0.25, -0.2) is 8.42 Å². The fourth-order valence-electron chi connectivity index (χ4n) is 1.78. The van der Waals surface area contributed by atoms with Crippen molar-refractivity contribution < 1.29 is 17.9 Å². The van der Waals surface area contributed by atoms with Gasteiger partial charge in [0.25, 0.3) is 5.91 Å². The van der Waals surface area contributed by atoms with Crippen molar-refractivity contribution in [3.8, 4) is 5.75 Å². The van der Waals surface area contributed by atoms with Crippen LogP contribution in [0.1, 0.15) is 12.8 Å². The standard InChI is InChI=1S/C12H14Cl2N2O4S/c13-3-1-2-4-21(18,19)16-9-6-11-10(5-8(9)14)15-12(17)7-20-11/h5-6,16H,1-4,7H2,(H,15,17). The van der Waals surface area contributed by atoms with Gasteiger partial charge in [0.15, 0.2) is 6.61 Å². The molecule has 1 aromatic carbocycles. The van der Waals surface area contributed by atoms with E-state index in [0.29, 0.717) is 30.2 Å². The number of hydrogen-bond acceptors (Lipinski definition) is 4. The average Bonchev–Trinajstić information content (AvgIpc) is 2.40. The van der Waals surface area contributed by atoms with Gasteiger partial charge in [-0.2, -0.15) is 0 Å². The summed E-state index contributed by atoms with van der Waals surface area (Å²) in [7, 11) is -3.50. The Morgan fingerprint density at radius 2 is 2.10 bits per heavy atom. The third kappa shape index (κ3) is 4.39. The summed E-state index contributed by atoms with van der Waals surface area (Å²) < 4.78 is 31.5. The molecule has 0 radical (unpaired) electrons. The first-order chi connectivity index (χ1) is 9.91. The average molecular weight is 353 g/mol. The topological polar surface area (TPSA) is 84.5 Å². The quantitative estimate of drug-likeness (QED) is 0.608. The van der Waals surface area contributed by atoms with Crippen LogP contribution >= 0.6 is 23.2 Å².